The summed E-state index contributed by atoms with van der Waals surface area (Å²) in [5, 5.41) is 11.2. The number of anilines is 1. The van der Waals surface area contributed by atoms with Gasteiger partial charge in [-0.05, 0) is 41.9 Å². The number of hydrogen-bond donors (Lipinski definition) is 0. The Morgan fingerprint density at radius 2 is 1.84 bits per heavy atom. The number of halogens is 1. The highest BCUT2D eigenvalue weighted by molar-refractivity contribution is 6.30. The van der Waals surface area contributed by atoms with Gasteiger partial charge in [-0.1, -0.05) is 23.7 Å². The number of hydrazone groups is 1. The minimum atomic E-state index is -0.196. The molecule has 1 fully saturated rings. The summed E-state index contributed by atoms with van der Waals surface area (Å²) in [5.41, 5.74) is 2.41. The van der Waals surface area contributed by atoms with E-state index < -0.39 is 0 Å². The standard InChI is InChI=1S/C22H18ClN5O4/c23-15-6-3-13(4-7-15)20-16(27-9-1-2-19(27)29)11-28(25-20)22-24-21(32-26-22)14-5-8-17-18(10-14)31-12-30-17/h3-8,10,16H,1-2,9,11-12H2. The summed E-state index contributed by atoms with van der Waals surface area (Å²) in [6.45, 7) is 1.35. The number of ether oxygens (including phenoxy) is 2. The predicted octanol–water partition coefficient (Wildman–Crippen LogP) is 3.33. The Morgan fingerprint density at radius 3 is 2.66 bits per heavy atom. The highest BCUT2D eigenvalue weighted by Crippen LogP contribution is 2.36. The normalized spacial score (nSPS) is 19.7. The van der Waals surface area contributed by atoms with Crippen LogP contribution >= 0.6 is 11.6 Å². The molecule has 3 aliphatic heterocycles. The van der Waals surface area contributed by atoms with Crippen molar-refractivity contribution >= 4 is 29.2 Å². The van der Waals surface area contributed by atoms with Gasteiger partial charge in [0, 0.05) is 29.1 Å². The molecule has 32 heavy (non-hydrogen) atoms. The number of hydrogen-bond acceptors (Lipinski definition) is 8. The van der Waals surface area contributed by atoms with Gasteiger partial charge in [0.25, 0.3) is 11.8 Å². The van der Waals surface area contributed by atoms with Crippen LogP contribution in [0.2, 0.25) is 5.02 Å². The first-order valence-corrected chi connectivity index (χ1v) is 10.7. The third-order valence-corrected chi connectivity index (χ3v) is 6.03. The van der Waals surface area contributed by atoms with Gasteiger partial charge < -0.3 is 18.9 Å². The number of rotatable bonds is 4. The largest absolute Gasteiger partial charge is 0.454 e. The Labute approximate surface area is 188 Å². The number of carbonyl (C=O) groups excluding carboxylic acids is 1. The fraction of sp³-hybridized carbons (Fsp3) is 0.273. The van der Waals surface area contributed by atoms with Crippen LogP contribution in [0.3, 0.4) is 0 Å². The number of amides is 1. The van der Waals surface area contributed by atoms with Crippen LogP contribution in [0.15, 0.2) is 52.1 Å². The van der Waals surface area contributed by atoms with Crippen LogP contribution in [0, 0.1) is 0 Å². The van der Waals surface area contributed by atoms with Gasteiger partial charge in [-0.2, -0.15) is 10.1 Å². The molecule has 2 aromatic carbocycles. The third kappa shape index (κ3) is 3.25. The van der Waals surface area contributed by atoms with Crippen LogP contribution in [0.1, 0.15) is 18.4 Å². The van der Waals surface area contributed by atoms with Crippen molar-refractivity contribution in [3.05, 3.63) is 53.1 Å². The Hall–Kier alpha value is -3.59. The molecule has 1 saturated heterocycles. The van der Waals surface area contributed by atoms with E-state index in [2.05, 4.69) is 10.1 Å². The Morgan fingerprint density at radius 1 is 1.03 bits per heavy atom. The van der Waals surface area contributed by atoms with E-state index in [1.54, 1.807) is 11.1 Å². The summed E-state index contributed by atoms with van der Waals surface area (Å²) < 4.78 is 16.3. The van der Waals surface area contributed by atoms with Crippen molar-refractivity contribution in [2.45, 2.75) is 18.9 Å². The Balaban J connectivity index is 1.32. The van der Waals surface area contributed by atoms with Gasteiger partial charge in [0.05, 0.1) is 18.3 Å². The van der Waals surface area contributed by atoms with Crippen molar-refractivity contribution in [1.82, 2.24) is 15.0 Å². The molecule has 3 aromatic rings. The zero-order valence-corrected chi connectivity index (χ0v) is 17.7. The van der Waals surface area contributed by atoms with E-state index in [0.717, 1.165) is 23.3 Å². The summed E-state index contributed by atoms with van der Waals surface area (Å²) in [5.74, 6) is 2.13. The van der Waals surface area contributed by atoms with Crippen molar-refractivity contribution in [2.75, 3.05) is 24.9 Å². The third-order valence-electron chi connectivity index (χ3n) is 5.78. The molecule has 0 radical (unpaired) electrons. The molecule has 1 amide bonds. The van der Waals surface area contributed by atoms with Crippen molar-refractivity contribution in [3.63, 3.8) is 0 Å². The lowest BCUT2D eigenvalue weighted by atomic mass is 10.0. The lowest BCUT2D eigenvalue weighted by Gasteiger charge is -2.25. The number of nitrogens with zero attached hydrogens (tertiary/aromatic N) is 5. The SMILES string of the molecule is O=C1CCCN1C1CN(c2noc(-c3ccc4c(c3)OCO4)n2)N=C1c1ccc(Cl)cc1. The molecular weight excluding hydrogens is 434 g/mol. The summed E-state index contributed by atoms with van der Waals surface area (Å²) in [4.78, 5) is 18.9. The first kappa shape index (κ1) is 19.1. The van der Waals surface area contributed by atoms with E-state index in [9.17, 15) is 4.79 Å². The smallest absolute Gasteiger partial charge is 0.286 e. The van der Waals surface area contributed by atoms with Gasteiger partial charge in [0.15, 0.2) is 11.5 Å². The lowest BCUT2D eigenvalue weighted by Crippen LogP contribution is -2.44. The fourth-order valence-electron chi connectivity index (χ4n) is 4.20. The minimum Gasteiger partial charge on any atom is -0.454 e. The lowest BCUT2D eigenvalue weighted by molar-refractivity contribution is -0.128. The van der Waals surface area contributed by atoms with Crippen molar-refractivity contribution in [1.29, 1.82) is 0 Å². The van der Waals surface area contributed by atoms with Gasteiger partial charge in [-0.25, -0.2) is 5.01 Å². The molecular formula is C22H18ClN5O4. The van der Waals surface area contributed by atoms with Crippen LogP contribution in [0.25, 0.3) is 11.5 Å². The van der Waals surface area contributed by atoms with Crippen LogP contribution in [0.5, 0.6) is 11.5 Å². The second kappa shape index (κ2) is 7.52. The van der Waals surface area contributed by atoms with Crippen LogP contribution in [-0.4, -0.2) is 52.6 Å². The van der Waals surface area contributed by atoms with E-state index in [4.69, 9.17) is 30.7 Å². The average Bonchev–Trinajstić information content (AvgIpc) is 3.59. The monoisotopic (exact) mass is 451 g/mol. The number of likely N-dealkylation sites (tertiary alicyclic amines) is 1. The maximum absolute atomic E-state index is 12.5. The summed E-state index contributed by atoms with van der Waals surface area (Å²) >= 11 is 6.06. The first-order valence-electron chi connectivity index (χ1n) is 10.3. The van der Waals surface area contributed by atoms with E-state index in [-0.39, 0.29) is 18.7 Å². The number of aromatic nitrogens is 2. The second-order valence-corrected chi connectivity index (χ2v) is 8.18. The molecule has 3 aliphatic rings. The molecule has 10 heteroatoms. The van der Waals surface area contributed by atoms with Crippen molar-refractivity contribution in [2.24, 2.45) is 5.10 Å². The van der Waals surface area contributed by atoms with Crippen molar-refractivity contribution in [3.8, 4) is 23.0 Å². The van der Waals surface area contributed by atoms with Gasteiger partial charge in [-0.3, -0.25) is 4.79 Å². The zero-order chi connectivity index (χ0) is 21.7. The molecule has 6 rings (SSSR count). The van der Waals surface area contributed by atoms with Gasteiger partial charge in [0.1, 0.15) is 0 Å². The molecule has 0 saturated carbocycles. The highest BCUT2D eigenvalue weighted by atomic mass is 35.5. The quantitative estimate of drug-likeness (QED) is 0.600. The number of benzene rings is 2. The molecule has 0 aliphatic carbocycles. The number of fused-ring (bicyclic) bond motifs is 1. The molecule has 1 unspecified atom stereocenters. The molecule has 4 heterocycles. The minimum absolute atomic E-state index is 0.132. The molecule has 0 spiro atoms. The van der Waals surface area contributed by atoms with E-state index >= 15 is 0 Å². The molecule has 162 valence electrons. The Kier molecular flexibility index (Phi) is 4.50. The topological polar surface area (TPSA) is 93.3 Å². The average molecular weight is 452 g/mol. The fourth-order valence-corrected chi connectivity index (χ4v) is 4.32. The van der Waals surface area contributed by atoms with Gasteiger partial charge >= 0.3 is 0 Å². The van der Waals surface area contributed by atoms with Gasteiger partial charge in [-0.15, -0.1) is 0 Å². The molecule has 0 bridgehead atoms. The summed E-state index contributed by atoms with van der Waals surface area (Å²) in [6.07, 6.45) is 1.40. The maximum Gasteiger partial charge on any atom is 0.286 e. The highest BCUT2D eigenvalue weighted by Gasteiger charge is 2.38. The van der Waals surface area contributed by atoms with E-state index in [0.29, 0.717) is 47.9 Å². The van der Waals surface area contributed by atoms with Crippen LogP contribution < -0.4 is 14.5 Å². The molecule has 9 nitrogen and oxygen atoms in total. The second-order valence-electron chi connectivity index (χ2n) is 7.75. The molecule has 0 N–H and O–H groups in total. The van der Waals surface area contributed by atoms with Crippen LogP contribution in [0.4, 0.5) is 5.95 Å². The maximum atomic E-state index is 12.5. The molecule has 1 atom stereocenters. The van der Waals surface area contributed by atoms with E-state index in [1.165, 1.54) is 0 Å². The summed E-state index contributed by atoms with van der Waals surface area (Å²) in [7, 11) is 0. The Bertz CT molecular complexity index is 1230. The van der Waals surface area contributed by atoms with Gasteiger partial charge in [0.2, 0.25) is 12.7 Å². The van der Waals surface area contributed by atoms with Crippen molar-refractivity contribution < 1.29 is 18.8 Å². The van der Waals surface area contributed by atoms with Crippen LogP contribution in [-0.2, 0) is 4.79 Å². The predicted molar refractivity (Wildman–Crippen MR) is 116 cm³/mol. The zero-order valence-electron chi connectivity index (χ0n) is 16.9. The number of carbonyl (C=O) groups is 1. The summed E-state index contributed by atoms with van der Waals surface area (Å²) in [6, 6.07) is 12.7. The van der Waals surface area contributed by atoms with E-state index in [1.807, 2.05) is 41.3 Å². The molecule has 1 aromatic heterocycles. The first-order chi connectivity index (χ1) is 15.7.